The molecule has 1 aromatic heterocycles. The van der Waals surface area contributed by atoms with E-state index in [1.807, 2.05) is 37.3 Å². The number of rotatable bonds is 5. The molecule has 0 saturated carbocycles. The number of ether oxygens (including phenoxy) is 1. The number of likely N-dealkylation sites (tertiary alicyclic amines) is 1. The van der Waals surface area contributed by atoms with Gasteiger partial charge in [-0.1, -0.05) is 54.6 Å². The van der Waals surface area contributed by atoms with Crippen LogP contribution in [0.25, 0.3) is 0 Å². The van der Waals surface area contributed by atoms with E-state index in [0.717, 1.165) is 18.4 Å². The number of aromatic nitrogens is 4. The van der Waals surface area contributed by atoms with E-state index >= 15 is 0 Å². The molecule has 1 aliphatic rings. The zero-order valence-corrected chi connectivity index (χ0v) is 17.5. The first-order chi connectivity index (χ1) is 14.6. The second-order valence-electron chi connectivity index (χ2n) is 7.70. The largest absolute Gasteiger partial charge is 0.450 e. The Bertz CT molecular complexity index is 994. The van der Waals surface area contributed by atoms with Gasteiger partial charge in [0.2, 0.25) is 0 Å². The van der Waals surface area contributed by atoms with Crippen LogP contribution in [0.2, 0.25) is 0 Å². The van der Waals surface area contributed by atoms with Gasteiger partial charge in [0.15, 0.2) is 5.82 Å². The summed E-state index contributed by atoms with van der Waals surface area (Å²) in [4.78, 5) is 15.6. The summed E-state index contributed by atoms with van der Waals surface area (Å²) < 4.78 is 5.18. The standard InChI is InChI=1S/C23H27N5O2/c1-3-30-22(29)27-15-13-23(14-16-27,20-11-5-4-6-12-20)21-24-26-28(25-21)17-19-10-8-7-9-18(19)2/h4-12H,3,13-17H2,1-2H3. The summed E-state index contributed by atoms with van der Waals surface area (Å²) in [5, 5.41) is 13.6. The first kappa shape index (κ1) is 20.1. The molecule has 7 heteroatoms. The molecule has 4 rings (SSSR count). The van der Waals surface area contributed by atoms with Gasteiger partial charge in [0.25, 0.3) is 0 Å². The molecule has 1 saturated heterocycles. The van der Waals surface area contributed by atoms with Crippen molar-refractivity contribution in [3.63, 3.8) is 0 Å². The molecule has 7 nitrogen and oxygen atoms in total. The molecule has 3 aromatic rings. The highest BCUT2D eigenvalue weighted by atomic mass is 16.6. The number of carbonyl (C=O) groups excluding carboxylic acids is 1. The molecule has 156 valence electrons. The molecule has 0 unspecified atom stereocenters. The summed E-state index contributed by atoms with van der Waals surface area (Å²) in [5.74, 6) is 0.714. The average molecular weight is 406 g/mol. The van der Waals surface area contributed by atoms with Crippen molar-refractivity contribution in [1.29, 1.82) is 0 Å². The molecule has 1 aliphatic heterocycles. The second kappa shape index (κ2) is 8.65. The summed E-state index contributed by atoms with van der Waals surface area (Å²) in [6.45, 7) is 6.07. The van der Waals surface area contributed by atoms with Crippen molar-refractivity contribution in [3.8, 4) is 0 Å². The van der Waals surface area contributed by atoms with Crippen LogP contribution in [0.4, 0.5) is 4.79 Å². The lowest BCUT2D eigenvalue weighted by molar-refractivity contribution is 0.0897. The Kier molecular flexibility index (Phi) is 5.79. The van der Waals surface area contributed by atoms with Gasteiger partial charge in [-0.2, -0.15) is 4.80 Å². The van der Waals surface area contributed by atoms with Gasteiger partial charge in [0, 0.05) is 13.1 Å². The first-order valence-electron chi connectivity index (χ1n) is 10.4. The zero-order valence-electron chi connectivity index (χ0n) is 17.5. The zero-order chi connectivity index (χ0) is 21.0. The number of nitrogens with zero attached hydrogens (tertiary/aromatic N) is 5. The summed E-state index contributed by atoms with van der Waals surface area (Å²) in [7, 11) is 0. The molecule has 0 bridgehead atoms. The van der Waals surface area contributed by atoms with E-state index in [1.54, 1.807) is 9.70 Å². The number of hydrogen-bond donors (Lipinski definition) is 0. The number of amides is 1. The number of aryl methyl sites for hydroxylation is 1. The minimum Gasteiger partial charge on any atom is -0.450 e. The second-order valence-corrected chi connectivity index (χ2v) is 7.70. The predicted octanol–water partition coefficient (Wildman–Crippen LogP) is 3.57. The van der Waals surface area contributed by atoms with Crippen molar-refractivity contribution in [2.75, 3.05) is 19.7 Å². The first-order valence-corrected chi connectivity index (χ1v) is 10.4. The van der Waals surface area contributed by atoms with Crippen molar-refractivity contribution in [3.05, 3.63) is 77.1 Å². The van der Waals surface area contributed by atoms with Crippen molar-refractivity contribution >= 4 is 6.09 Å². The van der Waals surface area contributed by atoms with Crippen LogP contribution in [0.15, 0.2) is 54.6 Å². The molecule has 2 aromatic carbocycles. The van der Waals surface area contributed by atoms with Gasteiger partial charge in [-0.3, -0.25) is 0 Å². The van der Waals surface area contributed by atoms with E-state index in [4.69, 9.17) is 9.84 Å². The van der Waals surface area contributed by atoms with E-state index < -0.39 is 0 Å². The molecule has 0 N–H and O–H groups in total. The molecule has 0 spiro atoms. The smallest absolute Gasteiger partial charge is 0.409 e. The summed E-state index contributed by atoms with van der Waals surface area (Å²) in [6.07, 6.45) is 1.20. The van der Waals surface area contributed by atoms with Crippen molar-refractivity contribution < 1.29 is 9.53 Å². The summed E-state index contributed by atoms with van der Waals surface area (Å²) in [5.41, 5.74) is 3.17. The average Bonchev–Trinajstić information content (AvgIpc) is 3.25. The third-order valence-corrected chi connectivity index (χ3v) is 5.92. The third kappa shape index (κ3) is 3.92. The van der Waals surface area contributed by atoms with Crippen molar-refractivity contribution in [1.82, 2.24) is 25.1 Å². The quantitative estimate of drug-likeness (QED) is 0.649. The Morgan fingerprint density at radius 1 is 1.07 bits per heavy atom. The maximum absolute atomic E-state index is 12.2. The highest BCUT2D eigenvalue weighted by Gasteiger charge is 2.42. The summed E-state index contributed by atoms with van der Waals surface area (Å²) >= 11 is 0. The minimum absolute atomic E-state index is 0.254. The Morgan fingerprint density at radius 2 is 1.77 bits per heavy atom. The predicted molar refractivity (Wildman–Crippen MR) is 113 cm³/mol. The van der Waals surface area contributed by atoms with Crippen LogP contribution in [0.5, 0.6) is 0 Å². The number of benzene rings is 2. The molecular formula is C23H27N5O2. The Hall–Kier alpha value is -3.22. The van der Waals surface area contributed by atoms with Gasteiger partial charge in [-0.15, -0.1) is 10.2 Å². The normalized spacial score (nSPS) is 15.7. The Balaban J connectivity index is 1.61. The van der Waals surface area contributed by atoms with Gasteiger partial charge in [-0.25, -0.2) is 4.79 Å². The van der Waals surface area contributed by atoms with Crippen molar-refractivity contribution in [2.45, 2.75) is 38.6 Å². The van der Waals surface area contributed by atoms with E-state index in [9.17, 15) is 4.79 Å². The van der Waals surface area contributed by atoms with E-state index in [0.29, 0.717) is 32.1 Å². The lowest BCUT2D eigenvalue weighted by Crippen LogP contribution is -2.46. The van der Waals surface area contributed by atoms with E-state index in [-0.39, 0.29) is 11.5 Å². The van der Waals surface area contributed by atoms with Crippen LogP contribution in [-0.4, -0.2) is 50.9 Å². The Morgan fingerprint density at radius 3 is 2.47 bits per heavy atom. The highest BCUT2D eigenvalue weighted by molar-refractivity contribution is 5.67. The van der Waals surface area contributed by atoms with Gasteiger partial charge < -0.3 is 9.64 Å². The minimum atomic E-state index is -0.367. The van der Waals surface area contributed by atoms with Gasteiger partial charge in [0.1, 0.15) is 0 Å². The van der Waals surface area contributed by atoms with Crippen LogP contribution >= 0.6 is 0 Å². The molecule has 30 heavy (non-hydrogen) atoms. The van der Waals surface area contributed by atoms with Crippen LogP contribution in [0, 0.1) is 6.92 Å². The van der Waals surface area contributed by atoms with Crippen LogP contribution < -0.4 is 0 Å². The molecule has 1 fully saturated rings. The van der Waals surface area contributed by atoms with Crippen LogP contribution in [0.1, 0.15) is 42.3 Å². The van der Waals surface area contributed by atoms with Crippen LogP contribution in [-0.2, 0) is 16.7 Å². The number of tetrazole rings is 1. The van der Waals surface area contributed by atoms with Gasteiger partial charge in [0.05, 0.1) is 18.6 Å². The molecule has 2 heterocycles. The van der Waals surface area contributed by atoms with Gasteiger partial charge in [-0.05, 0) is 48.6 Å². The van der Waals surface area contributed by atoms with Crippen LogP contribution in [0.3, 0.4) is 0 Å². The fourth-order valence-electron chi connectivity index (χ4n) is 4.13. The third-order valence-electron chi connectivity index (χ3n) is 5.92. The number of hydrogen-bond acceptors (Lipinski definition) is 5. The molecule has 0 atom stereocenters. The monoisotopic (exact) mass is 405 g/mol. The fraction of sp³-hybridized carbons (Fsp3) is 0.391. The Labute approximate surface area is 176 Å². The topological polar surface area (TPSA) is 73.1 Å². The van der Waals surface area contributed by atoms with Gasteiger partial charge >= 0.3 is 6.09 Å². The van der Waals surface area contributed by atoms with E-state index in [2.05, 4.69) is 41.5 Å². The SMILES string of the molecule is CCOC(=O)N1CCC(c2ccccc2)(c2nnn(Cc3ccccc3C)n2)CC1. The highest BCUT2D eigenvalue weighted by Crippen LogP contribution is 2.39. The van der Waals surface area contributed by atoms with Crippen molar-refractivity contribution in [2.24, 2.45) is 0 Å². The maximum atomic E-state index is 12.2. The summed E-state index contributed by atoms with van der Waals surface area (Å²) in [6, 6.07) is 18.5. The number of piperidine rings is 1. The van der Waals surface area contributed by atoms with E-state index in [1.165, 1.54) is 11.1 Å². The lowest BCUT2D eigenvalue weighted by Gasteiger charge is -2.39. The molecule has 0 radical (unpaired) electrons. The molecule has 0 aliphatic carbocycles. The maximum Gasteiger partial charge on any atom is 0.409 e. The fourth-order valence-corrected chi connectivity index (χ4v) is 4.13. The number of carbonyl (C=O) groups is 1. The molecular weight excluding hydrogens is 378 g/mol. The lowest BCUT2D eigenvalue weighted by atomic mass is 9.72. The molecule has 1 amide bonds.